The van der Waals surface area contributed by atoms with Crippen LogP contribution in [0.3, 0.4) is 0 Å². The van der Waals surface area contributed by atoms with Crippen LogP contribution in [0.15, 0.2) is 25.3 Å². The van der Waals surface area contributed by atoms with Crippen molar-refractivity contribution in [3.63, 3.8) is 0 Å². The van der Waals surface area contributed by atoms with Gasteiger partial charge in [0.2, 0.25) is 0 Å². The van der Waals surface area contributed by atoms with Crippen molar-refractivity contribution in [2.75, 3.05) is 6.54 Å². The van der Waals surface area contributed by atoms with E-state index in [0.717, 1.165) is 19.4 Å². The molecule has 0 heterocycles. The van der Waals surface area contributed by atoms with Crippen LogP contribution in [0.2, 0.25) is 0 Å². The van der Waals surface area contributed by atoms with E-state index in [1.165, 1.54) is 0 Å². The second-order valence-corrected chi connectivity index (χ2v) is 2.46. The molecule has 0 aliphatic heterocycles. The normalized spacial score (nSPS) is 12.5. The molecule has 0 rings (SSSR count). The van der Waals surface area contributed by atoms with Gasteiger partial charge in [-0.3, -0.25) is 0 Å². The second kappa shape index (κ2) is 6.56. The third-order valence-corrected chi connectivity index (χ3v) is 1.36. The summed E-state index contributed by atoms with van der Waals surface area (Å²) < 4.78 is 0. The lowest BCUT2D eigenvalue weighted by atomic mass is 10.2. The lowest BCUT2D eigenvalue weighted by molar-refractivity contribution is 0.560. The Kier molecular flexibility index (Phi) is 6.19. The average molecular weight is 139 g/mol. The molecule has 0 saturated heterocycles. The molecular weight excluding hydrogens is 122 g/mol. The predicted molar refractivity (Wildman–Crippen MR) is 47.1 cm³/mol. The van der Waals surface area contributed by atoms with Crippen molar-refractivity contribution in [3.8, 4) is 0 Å². The van der Waals surface area contributed by atoms with E-state index in [-0.39, 0.29) is 0 Å². The van der Waals surface area contributed by atoms with E-state index in [1.807, 2.05) is 12.2 Å². The number of hydrogen-bond donors (Lipinski definition) is 1. The maximum Gasteiger partial charge on any atom is 0.00732 e. The fourth-order valence-corrected chi connectivity index (χ4v) is 0.765. The van der Waals surface area contributed by atoms with E-state index in [0.29, 0.717) is 6.04 Å². The molecule has 0 aliphatic rings. The maximum absolute atomic E-state index is 3.67. The minimum atomic E-state index is 0.553. The van der Waals surface area contributed by atoms with Gasteiger partial charge in [-0.2, -0.15) is 0 Å². The molecule has 0 saturated carbocycles. The second-order valence-electron chi connectivity index (χ2n) is 2.46. The van der Waals surface area contributed by atoms with Gasteiger partial charge >= 0.3 is 0 Å². The van der Waals surface area contributed by atoms with Crippen molar-refractivity contribution < 1.29 is 0 Å². The molecule has 0 spiro atoms. The molecule has 1 nitrogen and oxygen atoms in total. The van der Waals surface area contributed by atoms with Gasteiger partial charge in [-0.05, 0) is 26.3 Å². The standard InChI is InChI=1S/C9H17N/c1-4-6-8-10-9(3)7-5-2/h4-5,9-10H,1-2,6-8H2,3H3. The number of hydrogen-bond acceptors (Lipinski definition) is 1. The van der Waals surface area contributed by atoms with E-state index in [4.69, 9.17) is 0 Å². The van der Waals surface area contributed by atoms with Gasteiger partial charge in [0.1, 0.15) is 0 Å². The summed E-state index contributed by atoms with van der Waals surface area (Å²) in [6.45, 7) is 10.5. The maximum atomic E-state index is 3.67. The summed E-state index contributed by atoms with van der Waals surface area (Å²) in [6.07, 6.45) is 5.94. The van der Waals surface area contributed by atoms with Crippen molar-refractivity contribution >= 4 is 0 Å². The molecule has 0 aliphatic carbocycles. The van der Waals surface area contributed by atoms with Crippen LogP contribution in [0.4, 0.5) is 0 Å². The van der Waals surface area contributed by atoms with E-state index in [9.17, 15) is 0 Å². The Labute approximate surface area is 63.8 Å². The van der Waals surface area contributed by atoms with E-state index >= 15 is 0 Å². The van der Waals surface area contributed by atoms with E-state index < -0.39 is 0 Å². The smallest absolute Gasteiger partial charge is 0.00732 e. The summed E-state index contributed by atoms with van der Waals surface area (Å²) >= 11 is 0. The van der Waals surface area contributed by atoms with Crippen molar-refractivity contribution in [1.82, 2.24) is 5.32 Å². The Hall–Kier alpha value is -0.560. The molecule has 0 bridgehead atoms. The van der Waals surface area contributed by atoms with Gasteiger partial charge in [-0.25, -0.2) is 0 Å². The lowest BCUT2D eigenvalue weighted by Crippen LogP contribution is -2.25. The first-order valence-electron chi connectivity index (χ1n) is 3.76. The molecule has 0 radical (unpaired) electrons. The Bertz CT molecular complexity index is 96.9. The van der Waals surface area contributed by atoms with Gasteiger partial charge in [0, 0.05) is 6.04 Å². The molecule has 0 amide bonds. The summed E-state index contributed by atoms with van der Waals surface area (Å²) in [7, 11) is 0. The molecule has 0 aromatic carbocycles. The SMILES string of the molecule is C=CCCNC(C)CC=C. The first kappa shape index (κ1) is 9.44. The Morgan fingerprint density at radius 3 is 2.60 bits per heavy atom. The monoisotopic (exact) mass is 139 g/mol. The highest BCUT2D eigenvalue weighted by Crippen LogP contribution is 1.90. The lowest BCUT2D eigenvalue weighted by Gasteiger charge is -2.09. The molecule has 0 aromatic heterocycles. The van der Waals surface area contributed by atoms with Crippen LogP contribution in [0.25, 0.3) is 0 Å². The van der Waals surface area contributed by atoms with Gasteiger partial charge < -0.3 is 5.32 Å². The zero-order valence-corrected chi connectivity index (χ0v) is 6.77. The largest absolute Gasteiger partial charge is 0.314 e. The van der Waals surface area contributed by atoms with Gasteiger partial charge in [0.25, 0.3) is 0 Å². The van der Waals surface area contributed by atoms with Crippen LogP contribution >= 0.6 is 0 Å². The number of nitrogens with one attached hydrogen (secondary N) is 1. The Balaban J connectivity index is 3.11. The van der Waals surface area contributed by atoms with E-state index in [1.54, 1.807) is 0 Å². The predicted octanol–water partition coefficient (Wildman–Crippen LogP) is 2.12. The summed E-state index contributed by atoms with van der Waals surface area (Å²) in [4.78, 5) is 0. The number of rotatable bonds is 6. The highest BCUT2D eigenvalue weighted by Gasteiger charge is 1.94. The zero-order valence-electron chi connectivity index (χ0n) is 6.77. The summed E-state index contributed by atoms with van der Waals surface area (Å²) in [6, 6.07) is 0.553. The molecule has 10 heavy (non-hydrogen) atoms. The molecule has 1 N–H and O–H groups in total. The van der Waals surface area contributed by atoms with Crippen LogP contribution < -0.4 is 5.32 Å². The molecule has 0 fully saturated rings. The minimum absolute atomic E-state index is 0.553. The highest BCUT2D eigenvalue weighted by molar-refractivity contribution is 4.76. The van der Waals surface area contributed by atoms with Crippen LogP contribution in [-0.4, -0.2) is 12.6 Å². The fourth-order valence-electron chi connectivity index (χ4n) is 0.765. The highest BCUT2D eigenvalue weighted by atomic mass is 14.9. The molecule has 58 valence electrons. The fraction of sp³-hybridized carbons (Fsp3) is 0.556. The topological polar surface area (TPSA) is 12.0 Å². The van der Waals surface area contributed by atoms with Crippen molar-refractivity contribution in [1.29, 1.82) is 0 Å². The van der Waals surface area contributed by atoms with Gasteiger partial charge in [0.15, 0.2) is 0 Å². The molecule has 1 unspecified atom stereocenters. The van der Waals surface area contributed by atoms with Gasteiger partial charge in [0.05, 0.1) is 0 Å². The molecule has 1 heteroatoms. The van der Waals surface area contributed by atoms with E-state index in [2.05, 4.69) is 25.4 Å². The van der Waals surface area contributed by atoms with Crippen molar-refractivity contribution in [2.45, 2.75) is 25.8 Å². The summed E-state index contributed by atoms with van der Waals surface area (Å²) in [5, 5.41) is 3.34. The van der Waals surface area contributed by atoms with Crippen LogP contribution in [0.1, 0.15) is 19.8 Å². The molecule has 1 atom stereocenters. The van der Waals surface area contributed by atoms with Crippen molar-refractivity contribution in [3.05, 3.63) is 25.3 Å². The van der Waals surface area contributed by atoms with Crippen LogP contribution in [0.5, 0.6) is 0 Å². The summed E-state index contributed by atoms with van der Waals surface area (Å²) in [5.41, 5.74) is 0. The van der Waals surface area contributed by atoms with Crippen LogP contribution in [0, 0.1) is 0 Å². The third-order valence-electron chi connectivity index (χ3n) is 1.36. The Morgan fingerprint density at radius 1 is 1.40 bits per heavy atom. The third kappa shape index (κ3) is 5.57. The average Bonchev–Trinajstić information content (AvgIpc) is 1.89. The quantitative estimate of drug-likeness (QED) is 0.439. The van der Waals surface area contributed by atoms with Crippen molar-refractivity contribution in [2.24, 2.45) is 0 Å². The minimum Gasteiger partial charge on any atom is -0.314 e. The molecular formula is C9H17N. The Morgan fingerprint density at radius 2 is 2.10 bits per heavy atom. The first-order valence-corrected chi connectivity index (χ1v) is 3.76. The zero-order chi connectivity index (χ0) is 7.82. The first-order chi connectivity index (χ1) is 4.81. The van der Waals surface area contributed by atoms with Gasteiger partial charge in [-0.15, -0.1) is 13.2 Å². The van der Waals surface area contributed by atoms with Crippen LogP contribution in [-0.2, 0) is 0 Å². The summed E-state index contributed by atoms with van der Waals surface area (Å²) in [5.74, 6) is 0. The molecule has 0 aromatic rings. The van der Waals surface area contributed by atoms with Gasteiger partial charge in [-0.1, -0.05) is 12.2 Å².